The molecule has 1 N–H and O–H groups in total. The van der Waals surface area contributed by atoms with Crippen LogP contribution in [0.1, 0.15) is 17.5 Å². The van der Waals surface area contributed by atoms with Crippen LogP contribution in [0.5, 0.6) is 0 Å². The largest absolute Gasteiger partial charge is 0.593 e. The monoisotopic (exact) mass is 410 g/mol. The van der Waals surface area contributed by atoms with Gasteiger partial charge in [-0.05, 0) is 36.6 Å². The highest BCUT2D eigenvalue weighted by molar-refractivity contribution is 7.95. The van der Waals surface area contributed by atoms with Gasteiger partial charge in [-0.3, -0.25) is 4.79 Å². The highest BCUT2D eigenvalue weighted by atomic mass is 32.3. The van der Waals surface area contributed by atoms with E-state index in [1.165, 1.54) is 0 Å². The first-order chi connectivity index (χ1) is 13.1. The van der Waals surface area contributed by atoms with Gasteiger partial charge < -0.3 is 9.87 Å². The number of para-hydroxylation sites is 1. The Morgan fingerprint density at radius 3 is 2.64 bits per heavy atom. The molecule has 0 aromatic heterocycles. The standard InChI is InChI=1S/C19H17F3N2O3S/c20-19(21,22)14-5-3-6-15(10-14)28(26,27)24-9-8-18(12-24)11-13-4-1-2-7-16(13)23-17(18)25/h1-7,10H,8-9,11-12H2,(H-,23,25,26,27). The summed E-state index contributed by atoms with van der Waals surface area (Å²) in [6.45, 7) is 0.0138. The van der Waals surface area contributed by atoms with Crippen molar-refractivity contribution in [2.45, 2.75) is 23.9 Å². The molecule has 2 aliphatic heterocycles. The Morgan fingerprint density at radius 2 is 1.89 bits per heavy atom. The number of nitrogens with one attached hydrogen (secondary N) is 1. The Labute approximate surface area is 160 Å². The quantitative estimate of drug-likeness (QED) is 0.771. The summed E-state index contributed by atoms with van der Waals surface area (Å²) in [5.41, 5.74) is -0.312. The topological polar surface area (TPSA) is 72.5 Å². The molecule has 0 saturated carbocycles. The van der Waals surface area contributed by atoms with Crippen molar-refractivity contribution >= 4 is 22.0 Å². The van der Waals surface area contributed by atoms with Crippen LogP contribution < -0.4 is 5.32 Å². The van der Waals surface area contributed by atoms with E-state index in [-0.39, 0.29) is 19.0 Å². The number of sulfonamides is 1. The van der Waals surface area contributed by atoms with Crippen LogP contribution in [0.3, 0.4) is 0 Å². The summed E-state index contributed by atoms with van der Waals surface area (Å²) in [6, 6.07) is 11.0. The number of benzene rings is 2. The van der Waals surface area contributed by atoms with E-state index < -0.39 is 32.4 Å². The maximum Gasteiger partial charge on any atom is 0.416 e. The molecular formula is C19H17F3N2O3S. The third kappa shape index (κ3) is 3.13. The first kappa shape index (κ1) is 19.1. The lowest BCUT2D eigenvalue weighted by Crippen LogP contribution is -2.45. The molecule has 1 fully saturated rings. The second-order valence-electron chi connectivity index (χ2n) is 7.18. The summed E-state index contributed by atoms with van der Waals surface area (Å²) in [5.74, 6) is -0.257. The molecule has 2 atom stereocenters. The lowest BCUT2D eigenvalue weighted by molar-refractivity contribution is -0.137. The number of amides is 1. The molecule has 148 valence electrons. The average molecular weight is 410 g/mol. The van der Waals surface area contributed by atoms with E-state index >= 15 is 0 Å². The lowest BCUT2D eigenvalue weighted by atomic mass is 9.77. The average Bonchev–Trinajstić information content (AvgIpc) is 3.08. The lowest BCUT2D eigenvalue weighted by Gasteiger charge is -2.33. The van der Waals surface area contributed by atoms with Crippen LogP contribution in [-0.4, -0.2) is 27.9 Å². The van der Waals surface area contributed by atoms with Gasteiger partial charge in [0.2, 0.25) is 5.91 Å². The molecule has 9 heteroatoms. The van der Waals surface area contributed by atoms with Gasteiger partial charge in [0.15, 0.2) is 15.3 Å². The smallest absolute Gasteiger partial charge is 0.416 e. The number of hydrogen-bond donors (Lipinski definition) is 1. The van der Waals surface area contributed by atoms with Crippen molar-refractivity contribution in [2.75, 3.05) is 18.4 Å². The maximum absolute atomic E-state index is 12.9. The molecule has 2 aliphatic rings. The number of carbonyl (C=O) groups excluding carboxylic acids is 1. The van der Waals surface area contributed by atoms with Crippen LogP contribution in [-0.2, 0) is 32.0 Å². The van der Waals surface area contributed by atoms with E-state index in [4.69, 9.17) is 0 Å². The fourth-order valence-corrected chi connectivity index (χ4v) is 5.42. The highest BCUT2D eigenvalue weighted by Crippen LogP contribution is 2.43. The van der Waals surface area contributed by atoms with Crippen LogP contribution in [0.4, 0.5) is 18.9 Å². The first-order valence-corrected chi connectivity index (χ1v) is 10.1. The Kier molecular flexibility index (Phi) is 4.36. The van der Waals surface area contributed by atoms with Crippen molar-refractivity contribution in [3.05, 3.63) is 59.7 Å². The Hall–Kier alpha value is -2.23. The molecule has 1 spiro atoms. The predicted molar refractivity (Wildman–Crippen MR) is 95.9 cm³/mol. The second kappa shape index (κ2) is 6.40. The summed E-state index contributed by atoms with van der Waals surface area (Å²) < 4.78 is 65.8. The first-order valence-electron chi connectivity index (χ1n) is 8.69. The number of fused-ring (bicyclic) bond motifs is 1. The number of alkyl halides is 3. The molecule has 1 saturated heterocycles. The molecule has 0 bridgehead atoms. The van der Waals surface area contributed by atoms with Gasteiger partial charge >= 0.3 is 6.18 Å². The number of halogens is 3. The Morgan fingerprint density at radius 1 is 1.14 bits per heavy atom. The second-order valence-corrected chi connectivity index (χ2v) is 9.12. The number of nitrogens with zero attached hydrogens (tertiary/aromatic N) is 1. The predicted octanol–water partition coefficient (Wildman–Crippen LogP) is 3.50. The SMILES string of the molecule is O=C1Nc2ccccc2CC12CCN([S+](=O)([O-])c1cccc(C(F)(F)F)c1)C2. The molecule has 5 nitrogen and oxygen atoms in total. The Bertz CT molecular complexity index is 994. The normalized spacial score (nSPS) is 24.6. The van der Waals surface area contributed by atoms with Gasteiger partial charge in [0.25, 0.3) is 0 Å². The molecule has 2 aromatic rings. The third-order valence-electron chi connectivity index (χ3n) is 5.39. The third-order valence-corrected chi connectivity index (χ3v) is 7.24. The summed E-state index contributed by atoms with van der Waals surface area (Å²) in [5, 5.41) is 2.82. The summed E-state index contributed by atoms with van der Waals surface area (Å²) in [6.07, 6.45) is -3.93. The van der Waals surface area contributed by atoms with E-state index in [9.17, 15) is 26.7 Å². The van der Waals surface area contributed by atoms with Gasteiger partial charge in [0.1, 0.15) is 0 Å². The zero-order valence-corrected chi connectivity index (χ0v) is 15.5. The summed E-state index contributed by atoms with van der Waals surface area (Å²) in [7, 11) is -4.14. The van der Waals surface area contributed by atoms with Crippen molar-refractivity contribution in [1.82, 2.24) is 4.31 Å². The van der Waals surface area contributed by atoms with Gasteiger partial charge in [0, 0.05) is 18.3 Å². The van der Waals surface area contributed by atoms with Crippen molar-refractivity contribution < 1.29 is 26.7 Å². The molecular weight excluding hydrogens is 393 g/mol. The van der Waals surface area contributed by atoms with Gasteiger partial charge in [-0.2, -0.15) is 13.2 Å². The Balaban J connectivity index is 1.62. The highest BCUT2D eigenvalue weighted by Gasteiger charge is 2.52. The van der Waals surface area contributed by atoms with Crippen molar-refractivity contribution in [2.24, 2.45) is 5.41 Å². The van der Waals surface area contributed by atoms with Crippen LogP contribution in [0.25, 0.3) is 0 Å². The summed E-state index contributed by atoms with van der Waals surface area (Å²) in [4.78, 5) is 12.3. The van der Waals surface area contributed by atoms with Gasteiger partial charge in [0.05, 0.1) is 17.5 Å². The van der Waals surface area contributed by atoms with E-state index in [1.54, 1.807) is 12.1 Å². The fourth-order valence-electron chi connectivity index (χ4n) is 3.85. The van der Waals surface area contributed by atoms with Crippen LogP contribution in [0.2, 0.25) is 0 Å². The fraction of sp³-hybridized carbons (Fsp3) is 0.316. The molecule has 2 aromatic carbocycles. The van der Waals surface area contributed by atoms with Crippen LogP contribution in [0.15, 0.2) is 53.4 Å². The molecule has 2 unspecified atom stereocenters. The van der Waals surface area contributed by atoms with Crippen molar-refractivity contribution in [3.8, 4) is 0 Å². The van der Waals surface area contributed by atoms with E-state index in [0.717, 1.165) is 28.1 Å². The number of anilines is 1. The molecule has 2 heterocycles. The zero-order valence-electron chi connectivity index (χ0n) is 14.7. The summed E-state index contributed by atoms with van der Waals surface area (Å²) >= 11 is 0. The van der Waals surface area contributed by atoms with Gasteiger partial charge in [-0.1, -0.05) is 28.5 Å². The van der Waals surface area contributed by atoms with Gasteiger partial charge in [-0.15, -0.1) is 4.31 Å². The maximum atomic E-state index is 12.9. The van der Waals surface area contributed by atoms with Crippen molar-refractivity contribution in [1.29, 1.82) is 0 Å². The number of hydrogen-bond acceptors (Lipinski definition) is 3. The molecule has 28 heavy (non-hydrogen) atoms. The van der Waals surface area contributed by atoms with E-state index in [0.29, 0.717) is 24.6 Å². The minimum absolute atomic E-state index is 0.0637. The molecule has 0 radical (unpaired) electrons. The van der Waals surface area contributed by atoms with E-state index in [1.807, 2.05) is 12.1 Å². The minimum Gasteiger partial charge on any atom is -0.593 e. The molecule has 0 aliphatic carbocycles. The number of carbonyl (C=O) groups is 1. The van der Waals surface area contributed by atoms with Crippen molar-refractivity contribution in [3.63, 3.8) is 0 Å². The zero-order chi connectivity index (χ0) is 20.2. The van der Waals surface area contributed by atoms with E-state index in [2.05, 4.69) is 5.32 Å². The molecule has 4 rings (SSSR count). The van der Waals surface area contributed by atoms with Crippen LogP contribution >= 0.6 is 0 Å². The van der Waals surface area contributed by atoms with Gasteiger partial charge in [-0.25, -0.2) is 0 Å². The molecule has 1 amide bonds. The minimum atomic E-state index is -4.63. The van der Waals surface area contributed by atoms with Crippen LogP contribution in [0, 0.1) is 5.41 Å². The number of rotatable bonds is 2.